The van der Waals surface area contributed by atoms with E-state index in [1.54, 1.807) is 13.2 Å². The summed E-state index contributed by atoms with van der Waals surface area (Å²) in [6, 6.07) is 0. The Morgan fingerprint density at radius 3 is 2.58 bits per heavy atom. The first-order valence-electron chi connectivity index (χ1n) is 12.4. The maximum Gasteiger partial charge on any atom is 0.302 e. The van der Waals surface area contributed by atoms with Crippen molar-refractivity contribution >= 4 is 17.7 Å². The van der Waals surface area contributed by atoms with Crippen molar-refractivity contribution in [1.82, 2.24) is 0 Å². The smallest absolute Gasteiger partial charge is 0.302 e. The number of rotatable bonds is 7. The number of ketones is 1. The topological polar surface area (TPSA) is 78.9 Å². The number of hydrogen-bond donors (Lipinski definition) is 0. The van der Waals surface area contributed by atoms with Crippen LogP contribution >= 0.6 is 0 Å². The highest BCUT2D eigenvalue weighted by Crippen LogP contribution is 2.66. The van der Waals surface area contributed by atoms with Gasteiger partial charge in [-0.05, 0) is 68.4 Å². The summed E-state index contributed by atoms with van der Waals surface area (Å²) < 4.78 is 16.4. The van der Waals surface area contributed by atoms with Crippen molar-refractivity contribution < 1.29 is 28.6 Å². The summed E-state index contributed by atoms with van der Waals surface area (Å²) in [6.45, 7) is 6.07. The van der Waals surface area contributed by atoms with Crippen molar-refractivity contribution in [2.45, 2.75) is 78.2 Å². The third kappa shape index (κ3) is 4.43. The van der Waals surface area contributed by atoms with E-state index in [-0.39, 0.29) is 28.6 Å². The van der Waals surface area contributed by atoms with E-state index in [1.165, 1.54) is 32.3 Å². The molecule has 0 aromatic heterocycles. The fourth-order valence-electron chi connectivity index (χ4n) is 7.79. The summed E-state index contributed by atoms with van der Waals surface area (Å²) >= 11 is 0. The van der Waals surface area contributed by atoms with Gasteiger partial charge in [0, 0.05) is 38.2 Å². The molecule has 0 aliphatic heterocycles. The van der Waals surface area contributed by atoms with Crippen molar-refractivity contribution in [1.29, 1.82) is 0 Å². The third-order valence-corrected chi connectivity index (χ3v) is 9.11. The number of fused-ring (bicyclic) bond motifs is 5. The molecular weight excluding hydrogens is 420 g/mol. The summed E-state index contributed by atoms with van der Waals surface area (Å²) in [4.78, 5) is 35.9. The Labute approximate surface area is 197 Å². The van der Waals surface area contributed by atoms with Crippen molar-refractivity contribution in [3.8, 4) is 0 Å². The van der Waals surface area contributed by atoms with Gasteiger partial charge < -0.3 is 14.2 Å². The molecule has 182 valence electrons. The fraction of sp³-hybridized carbons (Fsp3) is 0.741. The van der Waals surface area contributed by atoms with Gasteiger partial charge in [0.1, 0.15) is 6.10 Å². The average molecular weight is 459 g/mol. The standard InChI is InChI=1S/C27H38O6/c1-17(28)32-16-27-10-5-6-25(27)23-8-7-19-12-21(30)13-20(26(19,3)24(23)9-11-27)14-22(15-31-4)33-18(2)29/h12-13,22-25H,5-11,14-16H2,1-4H3/t22-,23-,24+,25+,26-,27+/m1/s1. The number of ether oxygens (including phenoxy) is 3. The molecule has 0 amide bonds. The van der Waals surface area contributed by atoms with Crippen LogP contribution in [-0.4, -0.2) is 44.1 Å². The Balaban J connectivity index is 1.63. The Morgan fingerprint density at radius 1 is 1.09 bits per heavy atom. The van der Waals surface area contributed by atoms with Gasteiger partial charge in [0.25, 0.3) is 0 Å². The Bertz CT molecular complexity index is 872. The van der Waals surface area contributed by atoms with E-state index in [0.717, 1.165) is 37.7 Å². The maximum atomic E-state index is 12.6. The molecule has 0 aromatic rings. The van der Waals surface area contributed by atoms with Gasteiger partial charge in [-0.2, -0.15) is 0 Å². The van der Waals surface area contributed by atoms with Gasteiger partial charge in [0.05, 0.1) is 13.2 Å². The summed E-state index contributed by atoms with van der Waals surface area (Å²) in [5.41, 5.74) is 2.21. The van der Waals surface area contributed by atoms with E-state index in [2.05, 4.69) is 6.92 Å². The van der Waals surface area contributed by atoms with Gasteiger partial charge in [-0.3, -0.25) is 14.4 Å². The molecule has 33 heavy (non-hydrogen) atoms. The van der Waals surface area contributed by atoms with Crippen LogP contribution in [0.5, 0.6) is 0 Å². The molecule has 6 nitrogen and oxygen atoms in total. The molecule has 0 aromatic carbocycles. The molecule has 0 N–H and O–H groups in total. The minimum atomic E-state index is -0.402. The molecule has 4 rings (SSSR count). The van der Waals surface area contributed by atoms with Crippen LogP contribution < -0.4 is 0 Å². The third-order valence-electron chi connectivity index (χ3n) is 9.11. The number of hydrogen-bond acceptors (Lipinski definition) is 6. The number of methoxy groups -OCH3 is 1. The van der Waals surface area contributed by atoms with E-state index >= 15 is 0 Å². The highest BCUT2D eigenvalue weighted by molar-refractivity contribution is 6.02. The molecule has 0 saturated heterocycles. The summed E-state index contributed by atoms with van der Waals surface area (Å²) in [5, 5.41) is 0. The SMILES string of the molecule is COC[C@@H](CC1=CC(=O)C=C2CC[C@H]3[C@@H]4CCC[C@@]4(COC(C)=O)CC[C@@H]3[C@]21C)OC(C)=O. The van der Waals surface area contributed by atoms with Gasteiger partial charge in [-0.25, -0.2) is 0 Å². The highest BCUT2D eigenvalue weighted by atomic mass is 16.6. The molecule has 3 saturated carbocycles. The van der Waals surface area contributed by atoms with Crippen molar-refractivity contribution in [2.75, 3.05) is 20.3 Å². The Hall–Kier alpha value is -1.95. The van der Waals surface area contributed by atoms with E-state index < -0.39 is 6.10 Å². The number of carbonyl (C=O) groups is 3. The first-order chi connectivity index (χ1) is 15.7. The van der Waals surface area contributed by atoms with Crippen LogP contribution in [0.1, 0.15) is 72.1 Å². The molecular formula is C27H38O6. The molecule has 6 atom stereocenters. The second-order valence-electron chi connectivity index (χ2n) is 10.8. The monoisotopic (exact) mass is 458 g/mol. The quantitative estimate of drug-likeness (QED) is 0.520. The zero-order valence-corrected chi connectivity index (χ0v) is 20.5. The van der Waals surface area contributed by atoms with Crippen LogP contribution in [0.25, 0.3) is 0 Å². The number of carbonyl (C=O) groups excluding carboxylic acids is 3. The van der Waals surface area contributed by atoms with Crippen LogP contribution in [0.3, 0.4) is 0 Å². The predicted octanol–water partition coefficient (Wildman–Crippen LogP) is 4.57. The lowest BCUT2D eigenvalue weighted by Gasteiger charge is -2.58. The Kier molecular flexibility index (Phi) is 6.86. The lowest BCUT2D eigenvalue weighted by molar-refractivity contribution is -0.149. The van der Waals surface area contributed by atoms with Gasteiger partial charge in [-0.15, -0.1) is 0 Å². The molecule has 3 fully saturated rings. The van der Waals surface area contributed by atoms with E-state index in [0.29, 0.717) is 37.4 Å². The summed E-state index contributed by atoms with van der Waals surface area (Å²) in [7, 11) is 1.60. The van der Waals surface area contributed by atoms with Gasteiger partial charge >= 0.3 is 11.9 Å². The molecule has 4 aliphatic carbocycles. The van der Waals surface area contributed by atoms with Crippen LogP contribution in [0.2, 0.25) is 0 Å². The van der Waals surface area contributed by atoms with Crippen LogP contribution in [0.15, 0.2) is 23.3 Å². The van der Waals surface area contributed by atoms with Crippen LogP contribution in [0.4, 0.5) is 0 Å². The molecule has 0 heterocycles. The molecule has 4 aliphatic rings. The zero-order chi connectivity index (χ0) is 23.8. The van der Waals surface area contributed by atoms with Crippen molar-refractivity contribution in [3.63, 3.8) is 0 Å². The molecule has 0 radical (unpaired) electrons. The summed E-state index contributed by atoms with van der Waals surface area (Å²) in [6.07, 6.45) is 11.4. The largest absolute Gasteiger partial charge is 0.465 e. The van der Waals surface area contributed by atoms with Gasteiger partial charge in [0.2, 0.25) is 0 Å². The second-order valence-corrected chi connectivity index (χ2v) is 10.8. The molecule has 6 heteroatoms. The Morgan fingerprint density at radius 2 is 1.88 bits per heavy atom. The van der Waals surface area contributed by atoms with Crippen molar-refractivity contribution in [3.05, 3.63) is 23.3 Å². The number of esters is 2. The van der Waals surface area contributed by atoms with E-state index in [9.17, 15) is 14.4 Å². The van der Waals surface area contributed by atoms with Crippen LogP contribution in [0, 0.1) is 28.6 Å². The minimum Gasteiger partial charge on any atom is -0.465 e. The predicted molar refractivity (Wildman–Crippen MR) is 123 cm³/mol. The minimum absolute atomic E-state index is 0.0378. The van der Waals surface area contributed by atoms with Crippen LogP contribution in [-0.2, 0) is 28.6 Å². The fourth-order valence-corrected chi connectivity index (χ4v) is 7.79. The van der Waals surface area contributed by atoms with Gasteiger partial charge in [0.15, 0.2) is 5.78 Å². The normalized spacial score (nSPS) is 36.0. The lowest BCUT2D eigenvalue weighted by atomic mass is 9.46. The molecule has 0 bridgehead atoms. The summed E-state index contributed by atoms with van der Waals surface area (Å²) in [5.74, 6) is 1.05. The average Bonchev–Trinajstić information content (AvgIpc) is 3.17. The van der Waals surface area contributed by atoms with E-state index in [4.69, 9.17) is 14.2 Å². The maximum absolute atomic E-state index is 12.6. The second kappa shape index (κ2) is 9.36. The van der Waals surface area contributed by atoms with E-state index in [1.807, 2.05) is 6.08 Å². The number of allylic oxidation sites excluding steroid dienone is 3. The lowest BCUT2D eigenvalue weighted by Crippen LogP contribution is -2.52. The first kappa shape index (κ1) is 24.2. The highest BCUT2D eigenvalue weighted by Gasteiger charge is 2.59. The molecule has 0 unspecified atom stereocenters. The van der Waals surface area contributed by atoms with Gasteiger partial charge in [-0.1, -0.05) is 24.5 Å². The molecule has 0 spiro atoms. The first-order valence-corrected chi connectivity index (χ1v) is 12.4. The van der Waals surface area contributed by atoms with Crippen molar-refractivity contribution in [2.24, 2.45) is 28.6 Å². The zero-order valence-electron chi connectivity index (χ0n) is 20.5.